The van der Waals surface area contributed by atoms with Crippen molar-refractivity contribution in [3.05, 3.63) is 0 Å². The van der Waals surface area contributed by atoms with Gasteiger partial charge in [0.2, 0.25) is 35.4 Å². The van der Waals surface area contributed by atoms with Crippen LogP contribution in [-0.4, -0.2) is 106 Å². The molecule has 0 aromatic heterocycles. The van der Waals surface area contributed by atoms with Crippen molar-refractivity contribution in [3.63, 3.8) is 0 Å². The fourth-order valence-electron chi connectivity index (χ4n) is 3.78. The monoisotopic (exact) mass is 646 g/mol. The van der Waals surface area contributed by atoms with Crippen LogP contribution in [0, 0.1) is 0 Å². The number of amides is 6. The first-order chi connectivity index (χ1) is 21.5. The first-order valence-electron chi connectivity index (χ1n) is 16.2. The molecular formula is C30H58N6O9. The summed E-state index contributed by atoms with van der Waals surface area (Å²) >= 11 is 0. The zero-order valence-electron chi connectivity index (χ0n) is 27.8. The molecule has 0 aliphatic carbocycles. The van der Waals surface area contributed by atoms with Crippen molar-refractivity contribution in [2.45, 2.75) is 118 Å². The van der Waals surface area contributed by atoms with Crippen molar-refractivity contribution in [1.82, 2.24) is 31.1 Å². The molecule has 45 heavy (non-hydrogen) atoms. The summed E-state index contributed by atoms with van der Waals surface area (Å²) in [6.45, 7) is 8.89. The second-order valence-electron chi connectivity index (χ2n) is 10.3. The second-order valence-corrected chi connectivity index (χ2v) is 10.3. The number of carbonyl (C=O) groups is 6. The molecule has 0 saturated carbocycles. The summed E-state index contributed by atoms with van der Waals surface area (Å²) in [5.74, 6) is -2.13. The van der Waals surface area contributed by atoms with E-state index in [-0.39, 0.29) is 63.0 Å². The fraction of sp³-hybridized carbons (Fsp3) is 0.800. The lowest BCUT2D eigenvalue weighted by atomic mass is 10.2. The first-order valence-corrected chi connectivity index (χ1v) is 16.2. The summed E-state index contributed by atoms with van der Waals surface area (Å²) < 4.78 is 0. The molecule has 0 rings (SSSR count). The van der Waals surface area contributed by atoms with E-state index in [1.807, 2.05) is 13.8 Å². The molecule has 15 nitrogen and oxygen atoms in total. The molecule has 0 heterocycles. The highest BCUT2D eigenvalue weighted by molar-refractivity contribution is 5.83. The van der Waals surface area contributed by atoms with Crippen molar-refractivity contribution in [1.29, 1.82) is 0 Å². The molecule has 15 heteroatoms. The van der Waals surface area contributed by atoms with Gasteiger partial charge in [0, 0.05) is 78.3 Å². The van der Waals surface area contributed by atoms with E-state index in [1.54, 1.807) is 6.92 Å². The van der Waals surface area contributed by atoms with Gasteiger partial charge in [0.05, 0.1) is 0 Å². The molecule has 6 amide bonds. The van der Waals surface area contributed by atoms with Gasteiger partial charge < -0.3 is 16.0 Å². The molecule has 0 atom stereocenters. The SMILES string of the molecule is CC.CCC(=O)NCCCCCN(O)C(=O)CCC(=O)NCCCCCN(O)C(=O)CCC(=O)NCCCCCN(O)C(C)=O. The molecule has 0 aliphatic heterocycles. The zero-order chi connectivity index (χ0) is 34.5. The number of nitrogens with zero attached hydrogens (tertiary/aromatic N) is 3. The van der Waals surface area contributed by atoms with Crippen LogP contribution in [-0.2, 0) is 28.8 Å². The van der Waals surface area contributed by atoms with Crippen LogP contribution < -0.4 is 16.0 Å². The molecule has 0 bridgehead atoms. The first kappa shape index (κ1) is 43.8. The highest BCUT2D eigenvalue weighted by atomic mass is 16.5. The average Bonchev–Trinajstić information content (AvgIpc) is 3.03. The minimum Gasteiger partial charge on any atom is -0.356 e. The summed E-state index contributed by atoms with van der Waals surface area (Å²) in [4.78, 5) is 69.9. The van der Waals surface area contributed by atoms with Crippen molar-refractivity contribution in [3.8, 4) is 0 Å². The van der Waals surface area contributed by atoms with Gasteiger partial charge in [-0.15, -0.1) is 0 Å². The van der Waals surface area contributed by atoms with Gasteiger partial charge in [-0.3, -0.25) is 44.4 Å². The number of rotatable bonds is 25. The van der Waals surface area contributed by atoms with Crippen LogP contribution in [0.4, 0.5) is 0 Å². The van der Waals surface area contributed by atoms with Crippen molar-refractivity contribution < 1.29 is 44.4 Å². The smallest absolute Gasteiger partial charge is 0.246 e. The van der Waals surface area contributed by atoms with Crippen LogP contribution in [0.25, 0.3) is 0 Å². The van der Waals surface area contributed by atoms with Gasteiger partial charge in [-0.1, -0.05) is 20.8 Å². The van der Waals surface area contributed by atoms with E-state index < -0.39 is 17.7 Å². The number of hydrogen-bond donors (Lipinski definition) is 6. The van der Waals surface area contributed by atoms with E-state index >= 15 is 0 Å². The van der Waals surface area contributed by atoms with Crippen LogP contribution in [0.15, 0.2) is 0 Å². The third kappa shape index (κ3) is 26.8. The lowest BCUT2D eigenvalue weighted by molar-refractivity contribution is -0.166. The minimum atomic E-state index is -0.557. The van der Waals surface area contributed by atoms with Gasteiger partial charge in [0.25, 0.3) is 0 Å². The van der Waals surface area contributed by atoms with Gasteiger partial charge in [-0.2, -0.15) is 0 Å². The highest BCUT2D eigenvalue weighted by Gasteiger charge is 2.14. The molecule has 0 radical (unpaired) electrons. The molecule has 6 N–H and O–H groups in total. The molecule has 0 spiro atoms. The molecule has 0 fully saturated rings. The lowest BCUT2D eigenvalue weighted by Gasteiger charge is -2.15. The van der Waals surface area contributed by atoms with E-state index in [1.165, 1.54) is 6.92 Å². The number of carbonyl (C=O) groups excluding carboxylic acids is 6. The van der Waals surface area contributed by atoms with Crippen LogP contribution in [0.1, 0.15) is 118 Å². The van der Waals surface area contributed by atoms with Crippen molar-refractivity contribution >= 4 is 35.4 Å². The molecule has 262 valence electrons. The van der Waals surface area contributed by atoms with E-state index in [2.05, 4.69) is 16.0 Å². The molecule has 0 saturated heterocycles. The number of hydrogen-bond acceptors (Lipinski definition) is 9. The third-order valence-corrected chi connectivity index (χ3v) is 6.50. The average molecular weight is 647 g/mol. The predicted octanol–water partition coefficient (Wildman–Crippen LogP) is 2.52. The Morgan fingerprint density at radius 3 is 1.16 bits per heavy atom. The predicted molar refractivity (Wildman–Crippen MR) is 167 cm³/mol. The molecule has 0 unspecified atom stereocenters. The van der Waals surface area contributed by atoms with Gasteiger partial charge in [0.15, 0.2) is 0 Å². The number of hydroxylamine groups is 6. The lowest BCUT2D eigenvalue weighted by Crippen LogP contribution is -2.31. The summed E-state index contributed by atoms with van der Waals surface area (Å²) in [6.07, 6.45) is 5.91. The fourth-order valence-corrected chi connectivity index (χ4v) is 3.78. The Hall–Kier alpha value is -3.30. The Bertz CT molecular complexity index is 860. The topological polar surface area (TPSA) is 209 Å². The Morgan fingerprint density at radius 2 is 0.822 bits per heavy atom. The van der Waals surface area contributed by atoms with Gasteiger partial charge in [-0.25, -0.2) is 15.2 Å². The maximum atomic E-state index is 12.0. The summed E-state index contributed by atoms with van der Waals surface area (Å²) in [5.41, 5.74) is 0. The molecule has 0 aromatic rings. The summed E-state index contributed by atoms with van der Waals surface area (Å²) in [5, 5.41) is 39.0. The molecule has 0 aliphatic rings. The van der Waals surface area contributed by atoms with Crippen molar-refractivity contribution in [2.24, 2.45) is 0 Å². The van der Waals surface area contributed by atoms with Gasteiger partial charge in [-0.05, 0) is 57.8 Å². The van der Waals surface area contributed by atoms with E-state index in [9.17, 15) is 44.4 Å². The van der Waals surface area contributed by atoms with Crippen LogP contribution in [0.5, 0.6) is 0 Å². The third-order valence-electron chi connectivity index (χ3n) is 6.50. The Labute approximate surface area is 267 Å². The maximum absolute atomic E-state index is 12.0. The number of unbranched alkanes of at least 4 members (excludes halogenated alkanes) is 6. The van der Waals surface area contributed by atoms with Crippen LogP contribution >= 0.6 is 0 Å². The van der Waals surface area contributed by atoms with E-state index in [0.717, 1.165) is 12.8 Å². The van der Waals surface area contributed by atoms with E-state index in [4.69, 9.17) is 0 Å². The largest absolute Gasteiger partial charge is 0.356 e. The Balaban J connectivity index is 0. The maximum Gasteiger partial charge on any atom is 0.246 e. The molecular weight excluding hydrogens is 588 g/mol. The summed E-state index contributed by atoms with van der Waals surface area (Å²) in [7, 11) is 0. The molecule has 0 aromatic carbocycles. The standard InChI is InChI=1S/C28H52N6O9.C2H6/c1-3-24(36)29-17-7-5-11-21-33(42)27(39)16-14-26(38)31-19-9-6-12-22-34(43)28(40)15-13-25(37)30-18-8-4-10-20-32(41)23(2)35;1-2/h41-43H,3-22H2,1-2H3,(H,29,36)(H,30,37)(H,31,38);1-2H3. The van der Waals surface area contributed by atoms with Crippen LogP contribution in [0.2, 0.25) is 0 Å². The van der Waals surface area contributed by atoms with E-state index in [0.29, 0.717) is 86.2 Å². The quantitative estimate of drug-likeness (QED) is 0.0488. The number of nitrogens with one attached hydrogen (secondary N) is 3. The Kier molecular flexibility index (Phi) is 28.6. The van der Waals surface area contributed by atoms with Gasteiger partial charge in [0.1, 0.15) is 0 Å². The minimum absolute atomic E-state index is 0.0120. The normalized spacial score (nSPS) is 10.2. The summed E-state index contributed by atoms with van der Waals surface area (Å²) in [6, 6.07) is 0. The second kappa shape index (κ2) is 29.4. The highest BCUT2D eigenvalue weighted by Crippen LogP contribution is 2.03. The van der Waals surface area contributed by atoms with Gasteiger partial charge >= 0.3 is 0 Å². The Morgan fingerprint density at radius 1 is 0.489 bits per heavy atom. The van der Waals surface area contributed by atoms with Crippen molar-refractivity contribution in [2.75, 3.05) is 39.3 Å². The van der Waals surface area contributed by atoms with Crippen LogP contribution in [0.3, 0.4) is 0 Å². The zero-order valence-corrected chi connectivity index (χ0v) is 27.8.